The van der Waals surface area contributed by atoms with E-state index >= 15 is 0 Å². The van der Waals surface area contributed by atoms with Gasteiger partial charge in [0, 0.05) is 24.8 Å². The van der Waals surface area contributed by atoms with Crippen LogP contribution in [0, 0.1) is 0 Å². The predicted molar refractivity (Wildman–Crippen MR) is 77.3 cm³/mol. The number of carboxylic acid groups (broad SMARTS) is 1. The van der Waals surface area contributed by atoms with Crippen molar-refractivity contribution in [2.75, 3.05) is 6.54 Å². The van der Waals surface area contributed by atoms with Crippen LogP contribution in [0.1, 0.15) is 31.2 Å². The molecule has 1 aliphatic heterocycles. The highest BCUT2D eigenvalue weighted by molar-refractivity contribution is 6.42. The maximum absolute atomic E-state index is 11.4. The lowest BCUT2D eigenvalue weighted by Gasteiger charge is -2.37. The van der Waals surface area contributed by atoms with E-state index < -0.39 is 5.97 Å². The minimum atomic E-state index is -0.846. The van der Waals surface area contributed by atoms with Gasteiger partial charge in [0.2, 0.25) is 5.91 Å². The highest BCUT2D eigenvalue weighted by atomic mass is 35.5. The molecule has 0 aromatic heterocycles. The van der Waals surface area contributed by atoms with Crippen LogP contribution in [0.5, 0.6) is 0 Å². The summed E-state index contributed by atoms with van der Waals surface area (Å²) in [6.45, 7) is 0.428. The normalized spacial score (nSPS) is 22.4. The largest absolute Gasteiger partial charge is 0.481 e. The first kappa shape index (κ1) is 15.1. The van der Waals surface area contributed by atoms with E-state index in [0.29, 0.717) is 35.9 Å². The molecule has 0 radical (unpaired) electrons. The van der Waals surface area contributed by atoms with E-state index in [1.807, 2.05) is 6.07 Å². The molecule has 1 unspecified atom stereocenters. The molecular formula is C14H15Cl2NO3. The number of benzene rings is 1. The number of halogens is 2. The van der Waals surface area contributed by atoms with Crippen molar-refractivity contribution in [2.24, 2.45) is 0 Å². The van der Waals surface area contributed by atoms with Crippen molar-refractivity contribution in [2.45, 2.75) is 31.1 Å². The molecule has 1 amide bonds. The van der Waals surface area contributed by atoms with Crippen molar-refractivity contribution in [3.05, 3.63) is 33.8 Å². The summed E-state index contributed by atoms with van der Waals surface area (Å²) < 4.78 is 0. The molecule has 1 atom stereocenters. The lowest BCUT2D eigenvalue weighted by Crippen LogP contribution is -2.46. The van der Waals surface area contributed by atoms with Crippen LogP contribution in [0.3, 0.4) is 0 Å². The van der Waals surface area contributed by atoms with Gasteiger partial charge in [-0.2, -0.15) is 0 Å². The van der Waals surface area contributed by atoms with Crippen LogP contribution in [0.2, 0.25) is 10.0 Å². The number of carbonyl (C=O) groups excluding carboxylic acids is 1. The first-order valence-corrected chi connectivity index (χ1v) is 7.13. The van der Waals surface area contributed by atoms with E-state index in [9.17, 15) is 9.59 Å². The van der Waals surface area contributed by atoms with E-state index in [0.717, 1.165) is 5.56 Å². The lowest BCUT2D eigenvalue weighted by molar-refractivity contribution is -0.137. The number of aliphatic carboxylic acids is 1. The van der Waals surface area contributed by atoms with Crippen molar-refractivity contribution < 1.29 is 14.7 Å². The summed E-state index contributed by atoms with van der Waals surface area (Å²) in [7, 11) is 0. The fraction of sp³-hybridized carbons (Fsp3) is 0.429. The Labute approximate surface area is 127 Å². The first-order chi connectivity index (χ1) is 9.43. The van der Waals surface area contributed by atoms with Crippen LogP contribution in [-0.4, -0.2) is 23.5 Å². The van der Waals surface area contributed by atoms with Gasteiger partial charge in [-0.3, -0.25) is 9.59 Å². The van der Waals surface area contributed by atoms with Crippen LogP contribution < -0.4 is 5.32 Å². The molecule has 1 aromatic rings. The molecule has 1 aliphatic rings. The third kappa shape index (κ3) is 3.25. The highest BCUT2D eigenvalue weighted by Gasteiger charge is 2.36. The fourth-order valence-corrected chi connectivity index (χ4v) is 2.87. The van der Waals surface area contributed by atoms with Crippen LogP contribution in [0.25, 0.3) is 0 Å². The van der Waals surface area contributed by atoms with Crippen LogP contribution in [0.15, 0.2) is 18.2 Å². The Morgan fingerprint density at radius 1 is 1.35 bits per heavy atom. The Kier molecular flexibility index (Phi) is 4.55. The smallest absolute Gasteiger partial charge is 0.303 e. The molecule has 0 spiro atoms. The molecule has 108 valence electrons. The Morgan fingerprint density at radius 3 is 2.65 bits per heavy atom. The summed E-state index contributed by atoms with van der Waals surface area (Å²) >= 11 is 12.0. The van der Waals surface area contributed by atoms with Crippen molar-refractivity contribution in [3.63, 3.8) is 0 Å². The topological polar surface area (TPSA) is 66.4 Å². The first-order valence-electron chi connectivity index (χ1n) is 6.37. The van der Waals surface area contributed by atoms with Gasteiger partial charge in [-0.05, 0) is 30.5 Å². The van der Waals surface area contributed by atoms with Crippen LogP contribution in [-0.2, 0) is 15.0 Å². The third-order valence-electron chi connectivity index (χ3n) is 3.80. The van der Waals surface area contributed by atoms with Crippen molar-refractivity contribution >= 4 is 35.1 Å². The zero-order chi connectivity index (χ0) is 14.8. The minimum absolute atomic E-state index is 0.00369. The molecule has 6 heteroatoms. The zero-order valence-corrected chi connectivity index (χ0v) is 12.3. The summed E-state index contributed by atoms with van der Waals surface area (Å²) in [5.41, 5.74) is 0.536. The number of carboxylic acids is 1. The summed E-state index contributed by atoms with van der Waals surface area (Å²) in [6, 6.07) is 5.33. The average molecular weight is 316 g/mol. The molecule has 0 bridgehead atoms. The molecular weight excluding hydrogens is 301 g/mol. The predicted octanol–water partition coefficient (Wildman–Crippen LogP) is 3.01. The molecule has 1 aromatic carbocycles. The van der Waals surface area contributed by atoms with Gasteiger partial charge >= 0.3 is 5.97 Å². The van der Waals surface area contributed by atoms with Crippen molar-refractivity contribution in [3.8, 4) is 0 Å². The Balaban J connectivity index is 2.32. The molecule has 2 N–H and O–H groups in total. The van der Waals surface area contributed by atoms with Gasteiger partial charge in [-0.25, -0.2) is 0 Å². The highest BCUT2D eigenvalue weighted by Crippen LogP contribution is 2.38. The molecule has 20 heavy (non-hydrogen) atoms. The number of rotatable bonds is 4. The Hall–Kier alpha value is -1.26. The standard InChI is InChI=1S/C14H15Cl2NO3/c15-10-2-1-9(7-11(10)16)14(6-4-13(19)20)5-3-12(18)17-8-14/h1-2,7H,3-6,8H2,(H,17,18)(H,19,20). The Bertz CT molecular complexity index is 535. The quantitative estimate of drug-likeness (QED) is 0.897. The van der Waals surface area contributed by atoms with Crippen LogP contribution in [0.4, 0.5) is 0 Å². The zero-order valence-electron chi connectivity index (χ0n) is 10.8. The second-order valence-corrected chi connectivity index (χ2v) is 5.89. The monoisotopic (exact) mass is 315 g/mol. The van der Waals surface area contributed by atoms with Gasteiger partial charge in [0.15, 0.2) is 0 Å². The van der Waals surface area contributed by atoms with Gasteiger partial charge in [0.25, 0.3) is 0 Å². The van der Waals surface area contributed by atoms with Crippen LogP contribution >= 0.6 is 23.2 Å². The van der Waals surface area contributed by atoms with E-state index in [1.54, 1.807) is 12.1 Å². The molecule has 0 saturated carbocycles. The van der Waals surface area contributed by atoms with E-state index in [1.165, 1.54) is 0 Å². The third-order valence-corrected chi connectivity index (χ3v) is 4.54. The summed E-state index contributed by atoms with van der Waals surface area (Å²) in [5.74, 6) is -0.850. The second-order valence-electron chi connectivity index (χ2n) is 5.08. The maximum atomic E-state index is 11.4. The number of hydrogen-bond donors (Lipinski definition) is 2. The Morgan fingerprint density at radius 2 is 2.10 bits per heavy atom. The van der Waals surface area contributed by atoms with Gasteiger partial charge in [-0.1, -0.05) is 29.3 Å². The molecule has 0 aliphatic carbocycles. The molecule has 1 saturated heterocycles. The summed E-state index contributed by atoms with van der Waals surface area (Å²) in [5, 5.41) is 12.6. The van der Waals surface area contributed by atoms with E-state index in [2.05, 4.69) is 5.32 Å². The van der Waals surface area contributed by atoms with Gasteiger partial charge in [0.05, 0.1) is 10.0 Å². The summed E-state index contributed by atoms with van der Waals surface area (Å²) in [4.78, 5) is 22.2. The maximum Gasteiger partial charge on any atom is 0.303 e. The van der Waals surface area contributed by atoms with Gasteiger partial charge in [0.1, 0.15) is 0 Å². The van der Waals surface area contributed by atoms with Gasteiger partial charge < -0.3 is 10.4 Å². The number of carbonyl (C=O) groups is 2. The number of piperidine rings is 1. The molecule has 4 nitrogen and oxygen atoms in total. The van der Waals surface area contributed by atoms with E-state index in [4.69, 9.17) is 28.3 Å². The fourth-order valence-electron chi connectivity index (χ4n) is 2.57. The second kappa shape index (κ2) is 6.02. The van der Waals surface area contributed by atoms with Crippen molar-refractivity contribution in [1.82, 2.24) is 5.32 Å². The molecule has 2 rings (SSSR count). The van der Waals surface area contributed by atoms with E-state index in [-0.39, 0.29) is 17.7 Å². The SMILES string of the molecule is O=C(O)CCC1(c2ccc(Cl)c(Cl)c2)CCC(=O)NC1. The minimum Gasteiger partial charge on any atom is -0.481 e. The van der Waals surface area contributed by atoms with Crippen molar-refractivity contribution in [1.29, 1.82) is 0 Å². The number of amides is 1. The average Bonchev–Trinajstić information content (AvgIpc) is 2.42. The van der Waals surface area contributed by atoms with Gasteiger partial charge in [-0.15, -0.1) is 0 Å². The number of hydrogen-bond acceptors (Lipinski definition) is 2. The molecule has 1 fully saturated rings. The summed E-state index contributed by atoms with van der Waals surface area (Å²) in [6.07, 6.45) is 1.51. The molecule has 1 heterocycles. The number of nitrogens with one attached hydrogen (secondary N) is 1. The lowest BCUT2D eigenvalue weighted by atomic mass is 9.71.